The Morgan fingerprint density at radius 3 is 2.48 bits per heavy atom. The number of amides is 1. The monoisotopic (exact) mass is 343 g/mol. The van der Waals surface area contributed by atoms with Crippen molar-refractivity contribution in [3.05, 3.63) is 47.2 Å². The van der Waals surface area contributed by atoms with Crippen LogP contribution >= 0.6 is 0 Å². The Balaban J connectivity index is 2.01. The van der Waals surface area contributed by atoms with Crippen LogP contribution in [0.2, 0.25) is 0 Å². The fourth-order valence-electron chi connectivity index (χ4n) is 2.44. The van der Waals surface area contributed by atoms with Crippen molar-refractivity contribution in [3.8, 4) is 5.88 Å². The van der Waals surface area contributed by atoms with E-state index < -0.39 is 6.09 Å². The largest absolute Gasteiger partial charge is 0.481 e. The van der Waals surface area contributed by atoms with Gasteiger partial charge in [0, 0.05) is 30.2 Å². The number of rotatable bonds is 7. The van der Waals surface area contributed by atoms with Gasteiger partial charge in [-0.1, -0.05) is 13.0 Å². The molecule has 2 aromatic rings. The first-order valence-electron chi connectivity index (χ1n) is 8.31. The molecule has 1 aromatic heterocycles. The predicted octanol–water partition coefficient (Wildman–Crippen LogP) is 4.28. The number of carbonyl (C=O) groups is 1. The van der Waals surface area contributed by atoms with Crippen molar-refractivity contribution >= 4 is 17.5 Å². The number of hydrogen-bond donors (Lipinski definition) is 2. The Morgan fingerprint density at radius 2 is 1.92 bits per heavy atom. The van der Waals surface area contributed by atoms with Crippen molar-refractivity contribution in [1.29, 1.82) is 0 Å². The molecule has 0 aliphatic heterocycles. The van der Waals surface area contributed by atoms with E-state index in [0.717, 1.165) is 34.5 Å². The van der Waals surface area contributed by atoms with Crippen LogP contribution in [0.15, 0.2) is 30.5 Å². The summed E-state index contributed by atoms with van der Waals surface area (Å²) >= 11 is 0. The summed E-state index contributed by atoms with van der Waals surface area (Å²) in [6.45, 7) is 6.95. The van der Waals surface area contributed by atoms with Crippen molar-refractivity contribution < 1.29 is 14.3 Å². The maximum Gasteiger partial charge on any atom is 0.411 e. The van der Waals surface area contributed by atoms with E-state index in [1.165, 1.54) is 0 Å². The normalized spacial score (nSPS) is 10.2. The number of anilines is 2. The quantitative estimate of drug-likeness (QED) is 0.785. The van der Waals surface area contributed by atoms with E-state index in [0.29, 0.717) is 19.0 Å². The molecule has 1 heterocycles. The van der Waals surface area contributed by atoms with Crippen molar-refractivity contribution in [2.75, 3.05) is 24.4 Å². The van der Waals surface area contributed by atoms with Crippen molar-refractivity contribution in [2.45, 2.75) is 33.7 Å². The molecule has 134 valence electrons. The van der Waals surface area contributed by atoms with E-state index in [-0.39, 0.29) is 0 Å². The summed E-state index contributed by atoms with van der Waals surface area (Å²) in [5, 5.41) is 6.18. The highest BCUT2D eigenvalue weighted by atomic mass is 16.5. The summed E-state index contributed by atoms with van der Waals surface area (Å²) in [5.41, 5.74) is 4.78. The predicted molar refractivity (Wildman–Crippen MR) is 99.3 cm³/mol. The Kier molecular flexibility index (Phi) is 6.62. The summed E-state index contributed by atoms with van der Waals surface area (Å²) in [7, 11) is 1.60. The summed E-state index contributed by atoms with van der Waals surface area (Å²) in [5.74, 6) is 0.598. The molecule has 1 aromatic carbocycles. The number of aryl methyl sites for hydroxylation is 2. The zero-order valence-corrected chi connectivity index (χ0v) is 15.2. The zero-order chi connectivity index (χ0) is 18.2. The highest BCUT2D eigenvalue weighted by Crippen LogP contribution is 2.25. The minimum absolute atomic E-state index is 0.416. The van der Waals surface area contributed by atoms with Crippen LogP contribution in [0.4, 0.5) is 16.2 Å². The second-order valence-corrected chi connectivity index (χ2v) is 5.81. The molecule has 0 radical (unpaired) electrons. The van der Waals surface area contributed by atoms with E-state index in [4.69, 9.17) is 9.47 Å². The lowest BCUT2D eigenvalue weighted by molar-refractivity contribution is 0.161. The maximum absolute atomic E-state index is 11.8. The van der Waals surface area contributed by atoms with E-state index in [1.54, 1.807) is 13.3 Å². The van der Waals surface area contributed by atoms with Gasteiger partial charge in [-0.2, -0.15) is 0 Å². The third-order valence-electron chi connectivity index (χ3n) is 3.70. The van der Waals surface area contributed by atoms with Crippen molar-refractivity contribution in [3.63, 3.8) is 0 Å². The summed E-state index contributed by atoms with van der Waals surface area (Å²) in [4.78, 5) is 15.9. The number of carbonyl (C=O) groups excluding carboxylic acids is 1. The molecule has 0 atom stereocenters. The summed E-state index contributed by atoms with van der Waals surface area (Å²) in [6.07, 6.45) is 2.16. The van der Waals surface area contributed by atoms with Gasteiger partial charge in [0.25, 0.3) is 0 Å². The molecule has 6 heteroatoms. The van der Waals surface area contributed by atoms with E-state index in [2.05, 4.69) is 15.6 Å². The van der Waals surface area contributed by atoms with Crippen LogP contribution in [0.25, 0.3) is 0 Å². The molecular formula is C19H25N3O3. The molecule has 0 saturated heterocycles. The third-order valence-corrected chi connectivity index (χ3v) is 3.70. The molecule has 0 unspecified atom stereocenters. The van der Waals surface area contributed by atoms with Gasteiger partial charge in [-0.15, -0.1) is 0 Å². The van der Waals surface area contributed by atoms with E-state index >= 15 is 0 Å². The topological polar surface area (TPSA) is 72.5 Å². The van der Waals surface area contributed by atoms with Gasteiger partial charge in [0.2, 0.25) is 5.88 Å². The molecule has 0 aliphatic rings. The number of nitrogens with one attached hydrogen (secondary N) is 2. The number of benzene rings is 1. The fraction of sp³-hybridized carbons (Fsp3) is 0.368. The number of hydrogen-bond acceptors (Lipinski definition) is 5. The second kappa shape index (κ2) is 8.92. The van der Waals surface area contributed by atoms with Crippen LogP contribution in [0.5, 0.6) is 5.88 Å². The van der Waals surface area contributed by atoms with Crippen molar-refractivity contribution in [1.82, 2.24) is 4.98 Å². The lowest BCUT2D eigenvalue weighted by Gasteiger charge is -2.15. The molecule has 25 heavy (non-hydrogen) atoms. The molecule has 6 nitrogen and oxygen atoms in total. The highest BCUT2D eigenvalue weighted by Gasteiger charge is 2.10. The number of aromatic nitrogens is 1. The minimum atomic E-state index is -0.418. The van der Waals surface area contributed by atoms with Crippen LogP contribution in [-0.4, -0.2) is 24.8 Å². The average molecular weight is 343 g/mol. The van der Waals surface area contributed by atoms with Gasteiger partial charge in [0.1, 0.15) is 0 Å². The van der Waals surface area contributed by atoms with Crippen LogP contribution in [-0.2, 0) is 11.3 Å². The zero-order valence-electron chi connectivity index (χ0n) is 15.2. The average Bonchev–Trinajstić information content (AvgIpc) is 2.61. The van der Waals surface area contributed by atoms with Gasteiger partial charge < -0.3 is 14.8 Å². The van der Waals surface area contributed by atoms with Gasteiger partial charge in [-0.25, -0.2) is 9.78 Å². The Morgan fingerprint density at radius 1 is 1.20 bits per heavy atom. The molecule has 2 N–H and O–H groups in total. The smallest absolute Gasteiger partial charge is 0.411 e. The third kappa shape index (κ3) is 5.38. The molecule has 0 fully saturated rings. The van der Waals surface area contributed by atoms with Crippen LogP contribution in [0.1, 0.15) is 30.0 Å². The van der Waals surface area contributed by atoms with Crippen LogP contribution in [0, 0.1) is 13.8 Å². The molecule has 0 saturated carbocycles. The van der Waals surface area contributed by atoms with Gasteiger partial charge in [-0.05, 0) is 49.1 Å². The fourth-order valence-corrected chi connectivity index (χ4v) is 2.44. The molecule has 2 rings (SSSR count). The number of pyridine rings is 1. The Hall–Kier alpha value is -2.76. The van der Waals surface area contributed by atoms with Gasteiger partial charge >= 0.3 is 6.09 Å². The second-order valence-electron chi connectivity index (χ2n) is 5.81. The SMILES string of the molecule is CCCOC(=O)Nc1c(C)cc(NCc2ccc(OC)nc2)cc1C. The van der Waals surface area contributed by atoms with Crippen LogP contribution < -0.4 is 15.4 Å². The van der Waals surface area contributed by atoms with Crippen LogP contribution in [0.3, 0.4) is 0 Å². The molecule has 0 spiro atoms. The van der Waals surface area contributed by atoms with Crippen molar-refractivity contribution in [2.24, 2.45) is 0 Å². The first-order valence-corrected chi connectivity index (χ1v) is 8.31. The lowest BCUT2D eigenvalue weighted by atomic mass is 10.1. The first kappa shape index (κ1) is 18.6. The number of nitrogens with zero attached hydrogens (tertiary/aromatic N) is 1. The number of methoxy groups -OCH3 is 1. The molecule has 0 bridgehead atoms. The first-order chi connectivity index (χ1) is 12.0. The van der Waals surface area contributed by atoms with Gasteiger partial charge in [-0.3, -0.25) is 5.32 Å². The van der Waals surface area contributed by atoms with Gasteiger partial charge in [0.05, 0.1) is 13.7 Å². The minimum Gasteiger partial charge on any atom is -0.481 e. The Bertz CT molecular complexity index is 691. The lowest BCUT2D eigenvalue weighted by Crippen LogP contribution is -2.16. The van der Waals surface area contributed by atoms with E-state index in [9.17, 15) is 4.79 Å². The highest BCUT2D eigenvalue weighted by molar-refractivity contribution is 5.87. The Labute approximate surface area is 148 Å². The maximum atomic E-state index is 11.8. The standard InChI is InChI=1S/C19H25N3O3/c1-5-8-25-19(23)22-18-13(2)9-16(10-14(18)3)20-11-15-6-7-17(24-4)21-12-15/h6-7,9-10,12,20H,5,8,11H2,1-4H3,(H,22,23). The number of ether oxygens (including phenoxy) is 2. The summed E-state index contributed by atoms with van der Waals surface area (Å²) < 4.78 is 10.1. The van der Waals surface area contributed by atoms with E-state index in [1.807, 2.05) is 45.0 Å². The molecule has 0 aliphatic carbocycles. The van der Waals surface area contributed by atoms with Gasteiger partial charge in [0.15, 0.2) is 0 Å². The summed E-state index contributed by atoms with van der Waals surface area (Å²) in [6, 6.07) is 7.80. The molecule has 1 amide bonds. The molecular weight excluding hydrogens is 318 g/mol.